The van der Waals surface area contributed by atoms with Crippen molar-refractivity contribution >= 4 is 0 Å². The standard InChI is InChI=1S/C27H38N2O4/c1-20(2)27(19-28,22-10-12-24(31-5)26(18-22)33-7)14-8-15-29(3)16-13-21-9-11-23(30-4)25(17-21)32-6/h9-12,17-18,20H,8,13-16H2,1-7H3/i5D3,7D3. The lowest BCUT2D eigenvalue weighted by molar-refractivity contribution is 0.292. The van der Waals surface area contributed by atoms with Crippen LogP contribution < -0.4 is 18.9 Å². The van der Waals surface area contributed by atoms with Gasteiger partial charge < -0.3 is 23.8 Å². The Labute approximate surface area is 207 Å². The van der Waals surface area contributed by atoms with Crippen molar-refractivity contribution in [2.75, 3.05) is 48.4 Å². The van der Waals surface area contributed by atoms with Crippen molar-refractivity contribution in [3.63, 3.8) is 0 Å². The first kappa shape index (κ1) is 18.5. The molecule has 2 aromatic rings. The number of nitrogens with zero attached hydrogens (tertiary/aromatic N) is 2. The molecule has 0 radical (unpaired) electrons. The molecule has 0 amide bonds. The molecule has 6 heteroatoms. The number of likely N-dealkylation sites (N-methyl/N-ethyl adjacent to an activating group) is 1. The van der Waals surface area contributed by atoms with Crippen LogP contribution in [-0.2, 0) is 11.8 Å². The van der Waals surface area contributed by atoms with Crippen molar-refractivity contribution in [3.8, 4) is 29.1 Å². The summed E-state index contributed by atoms with van der Waals surface area (Å²) in [5, 5.41) is 10.3. The van der Waals surface area contributed by atoms with Crippen molar-refractivity contribution in [2.24, 2.45) is 5.92 Å². The lowest BCUT2D eigenvalue weighted by Crippen LogP contribution is -2.32. The molecule has 0 saturated carbocycles. The van der Waals surface area contributed by atoms with Crippen LogP contribution in [0.5, 0.6) is 23.0 Å². The van der Waals surface area contributed by atoms with E-state index in [0.717, 1.165) is 25.1 Å². The molecule has 1 unspecified atom stereocenters. The van der Waals surface area contributed by atoms with Crippen LogP contribution in [0.4, 0.5) is 0 Å². The molecule has 2 aromatic carbocycles. The van der Waals surface area contributed by atoms with Crippen LogP contribution in [0.25, 0.3) is 0 Å². The summed E-state index contributed by atoms with van der Waals surface area (Å²) in [5.74, 6) is 0.790. The zero-order valence-electron chi connectivity index (χ0n) is 26.1. The quantitative estimate of drug-likeness (QED) is 0.415. The summed E-state index contributed by atoms with van der Waals surface area (Å²) in [7, 11) is -0.385. The van der Waals surface area contributed by atoms with Gasteiger partial charge >= 0.3 is 0 Å². The fraction of sp³-hybridized carbons (Fsp3) is 0.519. The molecule has 2 rings (SSSR count). The summed E-state index contributed by atoms with van der Waals surface area (Å²) in [6.07, 6.45) is 2.02. The highest BCUT2D eigenvalue weighted by molar-refractivity contribution is 5.47. The van der Waals surface area contributed by atoms with Gasteiger partial charge in [0.15, 0.2) is 23.0 Å². The highest BCUT2D eigenvalue weighted by Crippen LogP contribution is 2.40. The maximum atomic E-state index is 10.3. The highest BCUT2D eigenvalue weighted by atomic mass is 16.5. The third kappa shape index (κ3) is 6.33. The van der Waals surface area contributed by atoms with Crippen molar-refractivity contribution < 1.29 is 27.2 Å². The summed E-state index contributed by atoms with van der Waals surface area (Å²) < 4.78 is 65.3. The molecule has 180 valence electrons. The normalized spacial score (nSPS) is 16.3. The Morgan fingerprint density at radius 1 is 0.939 bits per heavy atom. The monoisotopic (exact) mass is 460 g/mol. The van der Waals surface area contributed by atoms with Gasteiger partial charge in [0.05, 0.1) is 48.0 Å². The van der Waals surface area contributed by atoms with E-state index in [2.05, 4.69) is 11.0 Å². The number of hydrogen-bond donors (Lipinski definition) is 0. The maximum Gasteiger partial charge on any atom is 0.161 e. The zero-order valence-corrected chi connectivity index (χ0v) is 20.1. The molecule has 0 aliphatic carbocycles. The Morgan fingerprint density at radius 3 is 2.21 bits per heavy atom. The lowest BCUT2D eigenvalue weighted by Gasteiger charge is -2.32. The molecule has 0 bridgehead atoms. The molecule has 0 fully saturated rings. The van der Waals surface area contributed by atoms with Gasteiger partial charge in [-0.05, 0) is 74.2 Å². The number of nitriles is 1. The molecule has 0 aliphatic rings. The first-order valence-corrected chi connectivity index (χ1v) is 11.0. The zero-order chi connectivity index (χ0) is 29.4. The van der Waals surface area contributed by atoms with E-state index >= 15 is 0 Å². The third-order valence-electron chi connectivity index (χ3n) is 6.20. The number of benzene rings is 2. The molecule has 0 aromatic heterocycles. The van der Waals surface area contributed by atoms with Gasteiger partial charge in [-0.25, -0.2) is 0 Å². The van der Waals surface area contributed by atoms with E-state index in [1.807, 2.05) is 39.1 Å². The van der Waals surface area contributed by atoms with E-state index in [4.69, 9.17) is 27.2 Å². The van der Waals surface area contributed by atoms with Gasteiger partial charge in [-0.3, -0.25) is 0 Å². The largest absolute Gasteiger partial charge is 0.493 e. The highest BCUT2D eigenvalue weighted by Gasteiger charge is 2.36. The Balaban J connectivity index is 2.17. The molecule has 6 nitrogen and oxygen atoms in total. The summed E-state index contributed by atoms with van der Waals surface area (Å²) in [5.41, 5.74) is 0.717. The minimum atomic E-state index is -2.82. The van der Waals surface area contributed by atoms with Crippen molar-refractivity contribution in [1.82, 2.24) is 4.90 Å². The minimum absolute atomic E-state index is 0.116. The summed E-state index contributed by atoms with van der Waals surface area (Å²) >= 11 is 0. The fourth-order valence-corrected chi connectivity index (χ4v) is 4.06. The van der Waals surface area contributed by atoms with E-state index in [1.165, 1.54) is 12.1 Å². The molecule has 0 N–H and O–H groups in total. The minimum Gasteiger partial charge on any atom is -0.493 e. The van der Waals surface area contributed by atoms with Crippen molar-refractivity contribution in [1.29, 1.82) is 5.26 Å². The second-order valence-electron chi connectivity index (χ2n) is 8.45. The van der Waals surface area contributed by atoms with Crippen LogP contribution in [0.3, 0.4) is 0 Å². The van der Waals surface area contributed by atoms with Crippen LogP contribution in [0.2, 0.25) is 0 Å². The average Bonchev–Trinajstić information content (AvgIpc) is 2.84. The van der Waals surface area contributed by atoms with Crippen LogP contribution in [0.15, 0.2) is 36.4 Å². The Bertz CT molecular complexity index is 1130. The van der Waals surface area contributed by atoms with Gasteiger partial charge in [-0.1, -0.05) is 26.0 Å². The molecular formula is C27H38N2O4. The molecule has 0 aliphatic heterocycles. The molecule has 0 spiro atoms. The summed E-state index contributed by atoms with van der Waals surface area (Å²) in [4.78, 5) is 2.19. The molecule has 33 heavy (non-hydrogen) atoms. The predicted molar refractivity (Wildman–Crippen MR) is 132 cm³/mol. The van der Waals surface area contributed by atoms with Crippen LogP contribution in [0, 0.1) is 17.2 Å². The van der Waals surface area contributed by atoms with Gasteiger partial charge in [0.25, 0.3) is 0 Å². The van der Waals surface area contributed by atoms with Gasteiger partial charge in [-0.2, -0.15) is 5.26 Å². The fourth-order valence-electron chi connectivity index (χ4n) is 4.06. The van der Waals surface area contributed by atoms with E-state index in [1.54, 1.807) is 20.3 Å². The summed E-state index contributed by atoms with van der Waals surface area (Å²) in [6.45, 7) is 5.40. The maximum absolute atomic E-state index is 10.3. The van der Waals surface area contributed by atoms with Gasteiger partial charge in [0.2, 0.25) is 0 Å². The van der Waals surface area contributed by atoms with Crippen LogP contribution in [0.1, 0.15) is 46.0 Å². The average molecular weight is 461 g/mol. The second-order valence-corrected chi connectivity index (χ2v) is 8.45. The SMILES string of the molecule is [2H]C([2H])([2H])Oc1ccc(C(C#N)(CCCN(C)CCc2ccc(OC)c(OC)c2)C(C)C)cc1OC([2H])([2H])[2H]. The Morgan fingerprint density at radius 2 is 1.58 bits per heavy atom. The Hall–Kier alpha value is -2.91. The number of methoxy groups -OCH3 is 4. The van der Waals surface area contributed by atoms with Gasteiger partial charge in [-0.15, -0.1) is 0 Å². The van der Waals surface area contributed by atoms with Crippen LogP contribution >= 0.6 is 0 Å². The van der Waals surface area contributed by atoms with Gasteiger partial charge in [0, 0.05) is 6.54 Å². The number of hydrogen-bond acceptors (Lipinski definition) is 6. The first-order chi connectivity index (χ1) is 18.1. The number of rotatable bonds is 13. The molecule has 0 saturated heterocycles. The van der Waals surface area contributed by atoms with E-state index in [9.17, 15) is 5.26 Å². The van der Waals surface area contributed by atoms with E-state index < -0.39 is 19.5 Å². The number of ether oxygens (including phenoxy) is 4. The molecular weight excluding hydrogens is 416 g/mol. The second kappa shape index (κ2) is 12.4. The molecule has 0 heterocycles. The summed E-state index contributed by atoms with van der Waals surface area (Å²) in [6, 6.07) is 12.7. The van der Waals surface area contributed by atoms with Crippen molar-refractivity contribution in [3.05, 3.63) is 47.5 Å². The van der Waals surface area contributed by atoms with E-state index in [0.29, 0.717) is 29.9 Å². The molecule has 1 atom stereocenters. The van der Waals surface area contributed by atoms with Crippen LogP contribution in [-0.4, -0.2) is 53.3 Å². The Kier molecular flexibility index (Phi) is 6.93. The smallest absolute Gasteiger partial charge is 0.161 e. The van der Waals surface area contributed by atoms with E-state index in [-0.39, 0.29) is 17.4 Å². The lowest BCUT2D eigenvalue weighted by atomic mass is 9.69. The van der Waals surface area contributed by atoms with Crippen molar-refractivity contribution in [2.45, 2.75) is 38.5 Å². The third-order valence-corrected chi connectivity index (χ3v) is 6.20. The first-order valence-electron chi connectivity index (χ1n) is 14.0. The topological polar surface area (TPSA) is 64.0 Å². The van der Waals surface area contributed by atoms with Gasteiger partial charge in [0.1, 0.15) is 0 Å². The predicted octanol–water partition coefficient (Wildman–Crippen LogP) is 5.09.